The van der Waals surface area contributed by atoms with Gasteiger partial charge in [-0.05, 0) is 29.2 Å². The van der Waals surface area contributed by atoms with Crippen molar-refractivity contribution in [1.29, 1.82) is 0 Å². The van der Waals surface area contributed by atoms with Crippen LogP contribution in [0.1, 0.15) is 47.8 Å². The normalized spacial score (nSPS) is 27.7. The Bertz CT molecular complexity index is 876. The summed E-state index contributed by atoms with van der Waals surface area (Å²) in [7, 11) is -3.07. The molecule has 1 aliphatic heterocycles. The van der Waals surface area contributed by atoms with Crippen molar-refractivity contribution in [3.8, 4) is 0 Å². The fourth-order valence-corrected chi connectivity index (χ4v) is 8.03. The molecule has 1 fully saturated rings. The Hall–Kier alpha value is -1.05. The van der Waals surface area contributed by atoms with E-state index in [9.17, 15) is 9.90 Å². The van der Waals surface area contributed by atoms with Gasteiger partial charge in [-0.2, -0.15) is 4.98 Å². The third-order valence-corrected chi connectivity index (χ3v) is 19.0. The molecular weight excluding hydrogens is 442 g/mol. The van der Waals surface area contributed by atoms with Gasteiger partial charge in [0, 0.05) is 13.3 Å². The van der Waals surface area contributed by atoms with Gasteiger partial charge in [-0.1, -0.05) is 54.6 Å². The van der Waals surface area contributed by atoms with Gasteiger partial charge in [0.15, 0.2) is 14.5 Å². The first-order valence-electron chi connectivity index (χ1n) is 11.2. The third-order valence-electron chi connectivity index (χ3n) is 8.14. The van der Waals surface area contributed by atoms with Gasteiger partial charge in [-0.15, -0.1) is 0 Å². The van der Waals surface area contributed by atoms with Crippen molar-refractivity contribution < 1.29 is 19.0 Å². The largest absolute Gasteiger partial charge is 0.414 e. The summed E-state index contributed by atoms with van der Waals surface area (Å²) in [6.45, 7) is 21.8. The average molecular weight is 486 g/mol. The summed E-state index contributed by atoms with van der Waals surface area (Å²) in [6, 6.07) is 1.54. The van der Waals surface area contributed by atoms with Gasteiger partial charge < -0.3 is 24.7 Å². The first kappa shape index (κ1) is 27.2. The van der Waals surface area contributed by atoms with E-state index in [0.29, 0.717) is 0 Å². The zero-order chi connectivity index (χ0) is 24.9. The zero-order valence-electron chi connectivity index (χ0n) is 21.6. The van der Waals surface area contributed by atoms with Crippen molar-refractivity contribution >= 4 is 22.2 Å². The van der Waals surface area contributed by atoms with Crippen LogP contribution in [0.3, 0.4) is 0 Å². The lowest BCUT2D eigenvalue weighted by Crippen LogP contribution is -2.70. The number of rotatable bonds is 6. The Labute approximate surface area is 194 Å². The summed E-state index contributed by atoms with van der Waals surface area (Å²) in [6.07, 6.45) is -0.714. The van der Waals surface area contributed by atoms with Crippen LogP contribution in [0, 0.1) is 0 Å². The molecule has 0 aromatic carbocycles. The van der Waals surface area contributed by atoms with Crippen LogP contribution in [0.2, 0.25) is 36.3 Å². The van der Waals surface area contributed by atoms with Gasteiger partial charge in [0.25, 0.3) is 0 Å². The van der Waals surface area contributed by atoms with Crippen molar-refractivity contribution in [3.63, 3.8) is 0 Å². The fraction of sp³-hybridized carbons (Fsp3) is 0.818. The number of methoxy groups -OCH3 is 1. The Morgan fingerprint density at radius 1 is 1.19 bits per heavy atom. The Morgan fingerprint density at radius 3 is 2.19 bits per heavy atom. The summed E-state index contributed by atoms with van der Waals surface area (Å²) >= 11 is 0. The van der Waals surface area contributed by atoms with Gasteiger partial charge in [0.1, 0.15) is 23.3 Å². The predicted molar refractivity (Wildman–Crippen MR) is 133 cm³/mol. The highest BCUT2D eigenvalue weighted by atomic mass is 28.4. The maximum Gasteiger partial charge on any atom is 0.351 e. The van der Waals surface area contributed by atoms with Crippen LogP contribution < -0.4 is 11.4 Å². The molecular formula is C22H43N3O5Si2. The second kappa shape index (κ2) is 8.63. The van der Waals surface area contributed by atoms with Crippen LogP contribution in [0.15, 0.2) is 17.1 Å². The number of hydrogen-bond donors (Lipinski definition) is 2. The molecule has 0 radical (unpaired) electrons. The summed E-state index contributed by atoms with van der Waals surface area (Å²) < 4.78 is 20.2. The van der Waals surface area contributed by atoms with Crippen LogP contribution in [0.4, 0.5) is 5.82 Å². The van der Waals surface area contributed by atoms with Gasteiger partial charge in [-0.25, -0.2) is 4.79 Å². The third kappa shape index (κ3) is 4.49. The zero-order valence-corrected chi connectivity index (χ0v) is 23.6. The average Bonchev–Trinajstić information content (AvgIpc) is 2.91. The Balaban J connectivity index is 2.59. The lowest BCUT2D eigenvalue weighted by molar-refractivity contribution is -0.0612. The molecule has 0 spiro atoms. The van der Waals surface area contributed by atoms with E-state index >= 15 is 0 Å². The monoisotopic (exact) mass is 485 g/mol. The highest BCUT2D eigenvalue weighted by Crippen LogP contribution is 2.52. The number of nitrogens with two attached hydrogens (primary N) is 1. The molecule has 1 aliphatic rings. The molecule has 2 heterocycles. The molecule has 1 aromatic heterocycles. The molecule has 1 aromatic rings. The smallest absolute Gasteiger partial charge is 0.351 e. The molecule has 0 unspecified atom stereocenters. The van der Waals surface area contributed by atoms with E-state index in [4.69, 9.17) is 19.6 Å². The van der Waals surface area contributed by atoms with E-state index in [1.165, 1.54) is 4.57 Å². The quantitative estimate of drug-likeness (QED) is 0.593. The summed E-state index contributed by atoms with van der Waals surface area (Å²) in [5.41, 5.74) is 5.14. The van der Waals surface area contributed by atoms with Crippen LogP contribution in [0.5, 0.6) is 0 Å². The van der Waals surface area contributed by atoms with Crippen LogP contribution >= 0.6 is 0 Å². The first-order valence-corrected chi connectivity index (χ1v) is 17.1. The standard InChI is InChI=1S/C22H43N3O5Si2/c1-20(2,3)31(8,9)22(27)15(14-29-32(10,11)21(4,5)6)30-18(17(22)28-7)25-13-12-16(23)24-19(25)26/h12-13,15,17-18,27H,14H2,1-11H3,(H2,23,24,26)/t15-,17+,18-,22+/m1/s1. The molecule has 32 heavy (non-hydrogen) atoms. The van der Waals surface area contributed by atoms with Gasteiger partial charge in [-0.3, -0.25) is 4.57 Å². The highest BCUT2D eigenvalue weighted by molar-refractivity contribution is 6.83. The van der Waals surface area contributed by atoms with Crippen molar-refractivity contribution in [2.24, 2.45) is 0 Å². The molecule has 1 saturated heterocycles. The molecule has 10 heteroatoms. The number of anilines is 1. The number of ether oxygens (including phenoxy) is 2. The van der Waals surface area contributed by atoms with E-state index in [1.54, 1.807) is 19.4 Å². The number of aromatic nitrogens is 2. The van der Waals surface area contributed by atoms with Crippen molar-refractivity contribution in [1.82, 2.24) is 9.55 Å². The molecule has 2 rings (SSSR count). The fourth-order valence-electron chi connectivity index (χ4n) is 3.90. The predicted octanol–water partition coefficient (Wildman–Crippen LogP) is 3.54. The van der Waals surface area contributed by atoms with Gasteiger partial charge >= 0.3 is 5.69 Å². The molecule has 0 saturated carbocycles. The maximum atomic E-state index is 12.6. The van der Waals surface area contributed by atoms with Gasteiger partial charge in [0.05, 0.1) is 14.7 Å². The lowest BCUT2D eigenvalue weighted by Gasteiger charge is -2.51. The maximum absolute atomic E-state index is 12.6. The van der Waals surface area contributed by atoms with Crippen LogP contribution in [-0.4, -0.2) is 62.2 Å². The number of nitrogens with zero attached hydrogens (tertiary/aromatic N) is 2. The molecule has 0 bridgehead atoms. The lowest BCUT2D eigenvalue weighted by atomic mass is 10.1. The minimum Gasteiger partial charge on any atom is -0.414 e. The topological polar surface area (TPSA) is 109 Å². The number of aliphatic hydroxyl groups is 1. The van der Waals surface area contributed by atoms with E-state index in [1.807, 2.05) is 0 Å². The van der Waals surface area contributed by atoms with Crippen LogP contribution in [0.25, 0.3) is 0 Å². The van der Waals surface area contributed by atoms with E-state index in [-0.39, 0.29) is 22.5 Å². The second-order valence-electron chi connectivity index (χ2n) is 12.0. The molecule has 0 amide bonds. The Morgan fingerprint density at radius 2 is 1.75 bits per heavy atom. The molecule has 3 N–H and O–H groups in total. The second-order valence-corrected chi connectivity index (χ2v) is 22.3. The first-order chi connectivity index (χ1) is 14.3. The van der Waals surface area contributed by atoms with Gasteiger partial charge in [0.2, 0.25) is 0 Å². The minimum atomic E-state index is -2.51. The summed E-state index contributed by atoms with van der Waals surface area (Å²) in [5, 5.41) is 11.0. The number of hydrogen-bond acceptors (Lipinski definition) is 7. The van der Waals surface area contributed by atoms with Crippen molar-refractivity contribution in [2.45, 2.75) is 101 Å². The van der Waals surface area contributed by atoms with E-state index in [2.05, 4.69) is 72.7 Å². The van der Waals surface area contributed by atoms with Crippen LogP contribution in [-0.2, 0) is 13.9 Å². The molecule has 184 valence electrons. The SMILES string of the molecule is CO[C@H]1[C@H](n2ccc(N)nc2=O)O[C@H](CO[Si](C)(C)C(C)(C)C)[C@]1(O)[Si](C)(C)C(C)(C)C. The molecule has 8 nitrogen and oxygen atoms in total. The Kier molecular flexibility index (Phi) is 7.33. The summed E-state index contributed by atoms with van der Waals surface area (Å²) in [5.74, 6) is 0.135. The van der Waals surface area contributed by atoms with Crippen molar-refractivity contribution in [2.75, 3.05) is 19.5 Å². The van der Waals surface area contributed by atoms with Crippen molar-refractivity contribution in [3.05, 3.63) is 22.7 Å². The highest BCUT2D eigenvalue weighted by Gasteiger charge is 2.67. The van der Waals surface area contributed by atoms with E-state index in [0.717, 1.165) is 0 Å². The minimum absolute atomic E-state index is 0.0125. The van der Waals surface area contributed by atoms with E-state index < -0.39 is 45.7 Å². The molecule has 4 atom stereocenters. The molecule has 0 aliphatic carbocycles. The summed E-state index contributed by atoms with van der Waals surface area (Å²) in [4.78, 5) is 16.5. The number of nitrogen functional groups attached to an aromatic ring is 1.